The summed E-state index contributed by atoms with van der Waals surface area (Å²) in [4.78, 5) is 16.1. The van der Waals surface area contributed by atoms with Crippen molar-refractivity contribution in [2.24, 2.45) is 0 Å². The first-order valence-corrected chi connectivity index (χ1v) is 4.13. The van der Waals surface area contributed by atoms with Crippen molar-refractivity contribution < 1.29 is 22.7 Å². The van der Waals surface area contributed by atoms with E-state index in [4.69, 9.17) is 0 Å². The van der Waals surface area contributed by atoms with Crippen LogP contribution in [0.3, 0.4) is 0 Å². The zero-order chi connectivity index (χ0) is 11.3. The van der Waals surface area contributed by atoms with E-state index >= 15 is 0 Å². The van der Waals surface area contributed by atoms with Gasteiger partial charge in [0, 0.05) is 17.8 Å². The van der Waals surface area contributed by atoms with Crippen LogP contribution in [0, 0.1) is 0 Å². The van der Waals surface area contributed by atoms with Gasteiger partial charge in [0.1, 0.15) is 0 Å². The van der Waals surface area contributed by atoms with Crippen LogP contribution >= 0.6 is 0 Å². The number of ether oxygens (including phenoxy) is 1. The van der Waals surface area contributed by atoms with Crippen molar-refractivity contribution in [3.05, 3.63) is 18.2 Å². The number of alkyl halides is 3. The summed E-state index contributed by atoms with van der Waals surface area (Å²) in [5.41, 5.74) is 0.300. The van der Waals surface area contributed by atoms with Gasteiger partial charge in [-0.15, -0.1) is 0 Å². The smallest absolute Gasteiger partial charge is 0.389 e. The van der Waals surface area contributed by atoms with Crippen LogP contribution in [0.5, 0.6) is 0 Å². The van der Waals surface area contributed by atoms with Crippen molar-refractivity contribution in [3.8, 4) is 0 Å². The molecule has 0 aliphatic heterocycles. The standard InChI is InChI=1S/C8H9F3N2O2/c9-8(10,11)1-6(3-15-5-14)7-2-12-4-13-7/h2,4-6H,1,3H2,(H,12,13). The van der Waals surface area contributed by atoms with Gasteiger partial charge in [0.25, 0.3) is 6.47 Å². The summed E-state index contributed by atoms with van der Waals surface area (Å²) in [6.07, 6.45) is -2.80. The molecule has 0 aromatic carbocycles. The number of imidazole rings is 1. The highest BCUT2D eigenvalue weighted by atomic mass is 19.4. The van der Waals surface area contributed by atoms with Gasteiger partial charge >= 0.3 is 6.18 Å². The maximum absolute atomic E-state index is 12.1. The molecule has 0 saturated heterocycles. The zero-order valence-electron chi connectivity index (χ0n) is 7.62. The quantitative estimate of drug-likeness (QED) is 0.770. The minimum atomic E-state index is -4.30. The van der Waals surface area contributed by atoms with E-state index in [1.54, 1.807) is 0 Å². The molecule has 0 aliphatic carbocycles. The van der Waals surface area contributed by atoms with Gasteiger partial charge in [0.2, 0.25) is 0 Å². The van der Waals surface area contributed by atoms with Gasteiger partial charge in [-0.3, -0.25) is 4.79 Å². The van der Waals surface area contributed by atoms with Gasteiger partial charge in [-0.05, 0) is 0 Å². The fraction of sp³-hybridized carbons (Fsp3) is 0.500. The Hall–Kier alpha value is -1.53. The number of hydrogen-bond donors (Lipinski definition) is 1. The third-order valence-corrected chi connectivity index (χ3v) is 1.80. The van der Waals surface area contributed by atoms with E-state index in [1.165, 1.54) is 12.5 Å². The molecule has 0 radical (unpaired) electrons. The highest BCUT2D eigenvalue weighted by Crippen LogP contribution is 2.30. The fourth-order valence-corrected chi connectivity index (χ4v) is 1.18. The second-order valence-electron chi connectivity index (χ2n) is 2.95. The van der Waals surface area contributed by atoms with Crippen molar-refractivity contribution in [1.82, 2.24) is 9.97 Å². The van der Waals surface area contributed by atoms with Crippen LogP contribution in [0.15, 0.2) is 12.5 Å². The summed E-state index contributed by atoms with van der Waals surface area (Å²) in [7, 11) is 0. The third kappa shape index (κ3) is 4.01. The predicted molar refractivity (Wildman–Crippen MR) is 44.0 cm³/mol. The molecule has 0 amide bonds. The lowest BCUT2D eigenvalue weighted by Crippen LogP contribution is -2.18. The van der Waals surface area contributed by atoms with E-state index in [2.05, 4.69) is 14.7 Å². The lowest BCUT2D eigenvalue weighted by atomic mass is 10.0. The molecule has 84 valence electrons. The zero-order valence-corrected chi connectivity index (χ0v) is 7.62. The summed E-state index contributed by atoms with van der Waals surface area (Å²) < 4.78 is 40.8. The molecule has 1 aromatic rings. The van der Waals surface area contributed by atoms with E-state index in [0.717, 1.165) is 0 Å². The maximum atomic E-state index is 12.1. The first-order chi connectivity index (χ1) is 7.03. The average Bonchev–Trinajstić information content (AvgIpc) is 2.63. The van der Waals surface area contributed by atoms with E-state index in [1.807, 2.05) is 0 Å². The minimum Gasteiger partial charge on any atom is -0.467 e. The van der Waals surface area contributed by atoms with E-state index in [9.17, 15) is 18.0 Å². The molecule has 0 bridgehead atoms. The van der Waals surface area contributed by atoms with Gasteiger partial charge in [-0.25, -0.2) is 4.98 Å². The molecule has 1 atom stereocenters. The molecular weight excluding hydrogens is 213 g/mol. The summed E-state index contributed by atoms with van der Waals surface area (Å²) in [5, 5.41) is 0. The molecule has 0 fully saturated rings. The highest BCUT2D eigenvalue weighted by molar-refractivity contribution is 5.37. The first kappa shape index (κ1) is 11.5. The molecular formula is C8H9F3N2O2. The van der Waals surface area contributed by atoms with Crippen LogP contribution in [0.4, 0.5) is 13.2 Å². The van der Waals surface area contributed by atoms with Crippen LogP contribution in [0.25, 0.3) is 0 Å². The molecule has 0 saturated carbocycles. The lowest BCUT2D eigenvalue weighted by Gasteiger charge is -2.15. The van der Waals surface area contributed by atoms with Crippen molar-refractivity contribution >= 4 is 6.47 Å². The molecule has 0 aliphatic rings. The van der Waals surface area contributed by atoms with E-state index < -0.39 is 18.5 Å². The third-order valence-electron chi connectivity index (χ3n) is 1.80. The predicted octanol–water partition coefficient (Wildman–Crippen LogP) is 1.62. The Morgan fingerprint density at radius 1 is 1.60 bits per heavy atom. The molecule has 1 rings (SSSR count). The van der Waals surface area contributed by atoms with E-state index in [0.29, 0.717) is 5.69 Å². The average molecular weight is 222 g/mol. The number of aromatic nitrogens is 2. The van der Waals surface area contributed by atoms with Gasteiger partial charge in [-0.1, -0.05) is 0 Å². The van der Waals surface area contributed by atoms with E-state index in [-0.39, 0.29) is 13.1 Å². The monoisotopic (exact) mass is 222 g/mol. The topological polar surface area (TPSA) is 55.0 Å². The van der Waals surface area contributed by atoms with Crippen LogP contribution in [0.2, 0.25) is 0 Å². The lowest BCUT2D eigenvalue weighted by molar-refractivity contribution is -0.146. The van der Waals surface area contributed by atoms with Gasteiger partial charge in [-0.2, -0.15) is 13.2 Å². The summed E-state index contributed by atoms with van der Waals surface area (Å²) in [6, 6.07) is 0. The van der Waals surface area contributed by atoms with Crippen LogP contribution in [0.1, 0.15) is 18.0 Å². The number of hydrogen-bond acceptors (Lipinski definition) is 3. The highest BCUT2D eigenvalue weighted by Gasteiger charge is 2.33. The number of aromatic amines is 1. The second-order valence-corrected chi connectivity index (χ2v) is 2.95. The van der Waals surface area contributed by atoms with Crippen molar-refractivity contribution in [2.45, 2.75) is 18.5 Å². The number of H-pyrrole nitrogens is 1. The largest absolute Gasteiger partial charge is 0.467 e. The SMILES string of the molecule is O=COCC(CC(F)(F)F)c1cnc[nH]1. The van der Waals surface area contributed by atoms with Gasteiger partial charge < -0.3 is 9.72 Å². The van der Waals surface area contributed by atoms with Crippen molar-refractivity contribution in [3.63, 3.8) is 0 Å². The van der Waals surface area contributed by atoms with Gasteiger partial charge in [0.15, 0.2) is 0 Å². The summed E-state index contributed by atoms with van der Waals surface area (Å²) in [5.74, 6) is -0.933. The Balaban J connectivity index is 2.65. The Bertz CT molecular complexity index is 297. The Labute approximate surface area is 83.5 Å². The molecule has 1 aromatic heterocycles. The summed E-state index contributed by atoms with van der Waals surface area (Å²) >= 11 is 0. The van der Waals surface area contributed by atoms with Crippen LogP contribution < -0.4 is 0 Å². The molecule has 7 heteroatoms. The number of carbonyl (C=O) groups is 1. The fourth-order valence-electron chi connectivity index (χ4n) is 1.18. The number of nitrogens with zero attached hydrogens (tertiary/aromatic N) is 1. The minimum absolute atomic E-state index is 0.125. The number of nitrogens with one attached hydrogen (secondary N) is 1. The molecule has 1 N–H and O–H groups in total. The second kappa shape index (κ2) is 4.81. The van der Waals surface area contributed by atoms with Crippen LogP contribution in [-0.4, -0.2) is 29.2 Å². The maximum Gasteiger partial charge on any atom is 0.389 e. The van der Waals surface area contributed by atoms with Crippen molar-refractivity contribution in [1.29, 1.82) is 0 Å². The Morgan fingerprint density at radius 2 is 2.33 bits per heavy atom. The normalized spacial score (nSPS) is 13.5. The Kier molecular flexibility index (Phi) is 3.70. The molecule has 1 unspecified atom stereocenters. The number of halogens is 3. The molecule has 0 spiro atoms. The molecule has 4 nitrogen and oxygen atoms in total. The van der Waals surface area contributed by atoms with Crippen molar-refractivity contribution in [2.75, 3.05) is 6.61 Å². The summed E-state index contributed by atoms with van der Waals surface area (Å²) in [6.45, 7) is -0.190. The van der Waals surface area contributed by atoms with Crippen LogP contribution in [-0.2, 0) is 9.53 Å². The number of rotatable bonds is 5. The van der Waals surface area contributed by atoms with Gasteiger partial charge in [0.05, 0.1) is 19.4 Å². The number of carbonyl (C=O) groups excluding carboxylic acids is 1. The molecule has 15 heavy (non-hydrogen) atoms. The first-order valence-electron chi connectivity index (χ1n) is 4.13. The molecule has 1 heterocycles. The Morgan fingerprint density at radius 3 is 2.80 bits per heavy atom.